The Morgan fingerprint density at radius 2 is 2.19 bits per heavy atom. The molecule has 2 atom stereocenters. The van der Waals surface area contributed by atoms with Gasteiger partial charge in [-0.3, -0.25) is 0 Å². The van der Waals surface area contributed by atoms with Gasteiger partial charge in [0.2, 0.25) is 0 Å². The van der Waals surface area contributed by atoms with Crippen LogP contribution in [0.4, 0.5) is 0 Å². The van der Waals surface area contributed by atoms with Crippen LogP contribution < -0.4 is 5.32 Å². The second kappa shape index (κ2) is 4.98. The molecule has 1 aliphatic rings. The Morgan fingerprint density at radius 1 is 1.38 bits per heavy atom. The first-order chi connectivity index (χ1) is 7.66. The highest BCUT2D eigenvalue weighted by Crippen LogP contribution is 2.16. The van der Waals surface area contributed by atoms with Gasteiger partial charge in [0.1, 0.15) is 0 Å². The number of hydrogen-bond acceptors (Lipinski definition) is 2. The molecular formula is C14H21NO. The lowest BCUT2D eigenvalue weighted by molar-refractivity contribution is 0.00873. The van der Waals surface area contributed by atoms with Gasteiger partial charge in [0.25, 0.3) is 0 Å². The van der Waals surface area contributed by atoms with E-state index in [4.69, 9.17) is 4.74 Å². The van der Waals surface area contributed by atoms with Gasteiger partial charge >= 0.3 is 0 Å². The zero-order valence-corrected chi connectivity index (χ0v) is 10.4. The van der Waals surface area contributed by atoms with E-state index in [9.17, 15) is 0 Å². The van der Waals surface area contributed by atoms with Crippen LogP contribution in [0.3, 0.4) is 0 Å². The lowest BCUT2D eigenvalue weighted by Gasteiger charge is -2.28. The Bertz CT molecular complexity index is 354. The van der Waals surface area contributed by atoms with Crippen LogP contribution in [0.2, 0.25) is 0 Å². The van der Waals surface area contributed by atoms with Crippen molar-refractivity contribution in [2.24, 2.45) is 0 Å². The first-order valence-corrected chi connectivity index (χ1v) is 6.07. The lowest BCUT2D eigenvalue weighted by Crippen LogP contribution is -2.45. The molecule has 1 N–H and O–H groups in total. The van der Waals surface area contributed by atoms with Gasteiger partial charge in [-0.2, -0.15) is 0 Å². The SMILES string of the molecule is Cc1cccc(CC2CNC(C)CO2)c1C. The van der Waals surface area contributed by atoms with Crippen molar-refractivity contribution in [1.82, 2.24) is 5.32 Å². The van der Waals surface area contributed by atoms with Gasteiger partial charge in [0, 0.05) is 19.0 Å². The van der Waals surface area contributed by atoms with Crippen LogP contribution in [0.25, 0.3) is 0 Å². The maximum atomic E-state index is 5.83. The number of ether oxygens (including phenoxy) is 1. The molecule has 2 nitrogen and oxygen atoms in total. The summed E-state index contributed by atoms with van der Waals surface area (Å²) in [7, 11) is 0. The second-order valence-electron chi connectivity index (χ2n) is 4.83. The summed E-state index contributed by atoms with van der Waals surface area (Å²) in [5, 5.41) is 3.46. The molecule has 1 saturated heterocycles. The molecule has 1 fully saturated rings. The summed E-state index contributed by atoms with van der Waals surface area (Å²) < 4.78 is 5.83. The monoisotopic (exact) mass is 219 g/mol. The van der Waals surface area contributed by atoms with E-state index in [-0.39, 0.29) is 0 Å². The van der Waals surface area contributed by atoms with E-state index in [1.807, 2.05) is 0 Å². The summed E-state index contributed by atoms with van der Waals surface area (Å²) in [5.41, 5.74) is 4.20. The average molecular weight is 219 g/mol. The van der Waals surface area contributed by atoms with E-state index in [1.54, 1.807) is 0 Å². The van der Waals surface area contributed by atoms with E-state index >= 15 is 0 Å². The summed E-state index contributed by atoms with van der Waals surface area (Å²) in [4.78, 5) is 0. The zero-order chi connectivity index (χ0) is 11.5. The van der Waals surface area contributed by atoms with Gasteiger partial charge in [-0.15, -0.1) is 0 Å². The molecule has 2 unspecified atom stereocenters. The Labute approximate surface area is 98.0 Å². The molecule has 16 heavy (non-hydrogen) atoms. The van der Waals surface area contributed by atoms with Gasteiger partial charge in [0.05, 0.1) is 12.7 Å². The van der Waals surface area contributed by atoms with Crippen molar-refractivity contribution in [3.63, 3.8) is 0 Å². The quantitative estimate of drug-likeness (QED) is 0.823. The first-order valence-electron chi connectivity index (χ1n) is 6.07. The largest absolute Gasteiger partial charge is 0.375 e. The molecule has 0 aliphatic carbocycles. The Hall–Kier alpha value is -0.860. The highest BCUT2D eigenvalue weighted by molar-refractivity contribution is 5.33. The van der Waals surface area contributed by atoms with Crippen molar-refractivity contribution in [3.05, 3.63) is 34.9 Å². The molecule has 1 aliphatic heterocycles. The van der Waals surface area contributed by atoms with Gasteiger partial charge in [0.15, 0.2) is 0 Å². The fourth-order valence-corrected chi connectivity index (χ4v) is 2.14. The highest BCUT2D eigenvalue weighted by Gasteiger charge is 2.18. The maximum absolute atomic E-state index is 5.83. The third-order valence-electron chi connectivity index (χ3n) is 3.44. The molecule has 1 aromatic carbocycles. The van der Waals surface area contributed by atoms with E-state index in [1.165, 1.54) is 16.7 Å². The van der Waals surface area contributed by atoms with E-state index in [2.05, 4.69) is 44.3 Å². The maximum Gasteiger partial charge on any atom is 0.0740 e. The van der Waals surface area contributed by atoms with Gasteiger partial charge in [-0.05, 0) is 37.5 Å². The van der Waals surface area contributed by atoms with Crippen LogP contribution in [0.5, 0.6) is 0 Å². The molecule has 0 spiro atoms. The van der Waals surface area contributed by atoms with E-state index < -0.39 is 0 Å². The number of hydrogen-bond donors (Lipinski definition) is 1. The fraction of sp³-hybridized carbons (Fsp3) is 0.571. The van der Waals surface area contributed by atoms with Crippen molar-refractivity contribution in [3.8, 4) is 0 Å². The average Bonchev–Trinajstić information content (AvgIpc) is 2.28. The van der Waals surface area contributed by atoms with Crippen molar-refractivity contribution in [2.45, 2.75) is 39.3 Å². The molecule has 2 heteroatoms. The normalized spacial score (nSPS) is 25.7. The minimum atomic E-state index is 0.330. The van der Waals surface area contributed by atoms with Gasteiger partial charge < -0.3 is 10.1 Å². The van der Waals surface area contributed by atoms with E-state index in [0.717, 1.165) is 19.6 Å². The van der Waals surface area contributed by atoms with Crippen LogP contribution in [-0.2, 0) is 11.2 Å². The van der Waals surface area contributed by atoms with Crippen molar-refractivity contribution < 1.29 is 4.74 Å². The van der Waals surface area contributed by atoms with Crippen LogP contribution in [0, 0.1) is 13.8 Å². The number of morpholine rings is 1. The summed E-state index contributed by atoms with van der Waals surface area (Å²) in [6.07, 6.45) is 1.35. The third-order valence-corrected chi connectivity index (χ3v) is 3.44. The predicted octanol–water partition coefficient (Wildman–Crippen LogP) is 2.22. The summed E-state index contributed by atoms with van der Waals surface area (Å²) in [6.45, 7) is 8.32. The molecule has 1 aromatic rings. The Balaban J connectivity index is 2.01. The van der Waals surface area contributed by atoms with Crippen LogP contribution in [0.1, 0.15) is 23.6 Å². The van der Waals surface area contributed by atoms with Gasteiger partial charge in [-0.1, -0.05) is 18.2 Å². The second-order valence-corrected chi connectivity index (χ2v) is 4.83. The molecular weight excluding hydrogens is 198 g/mol. The van der Waals surface area contributed by atoms with Crippen LogP contribution in [-0.4, -0.2) is 25.3 Å². The minimum absolute atomic E-state index is 0.330. The molecule has 0 saturated carbocycles. The molecule has 0 radical (unpaired) electrons. The first kappa shape index (κ1) is 11.6. The van der Waals surface area contributed by atoms with E-state index in [0.29, 0.717) is 12.1 Å². The van der Waals surface area contributed by atoms with Crippen LogP contribution in [0.15, 0.2) is 18.2 Å². The molecule has 0 amide bonds. The number of nitrogens with one attached hydrogen (secondary N) is 1. The summed E-state index contributed by atoms with van der Waals surface area (Å²) in [6, 6.07) is 7.01. The minimum Gasteiger partial charge on any atom is -0.375 e. The summed E-state index contributed by atoms with van der Waals surface area (Å²) >= 11 is 0. The topological polar surface area (TPSA) is 21.3 Å². The fourth-order valence-electron chi connectivity index (χ4n) is 2.14. The zero-order valence-electron chi connectivity index (χ0n) is 10.4. The molecule has 2 rings (SSSR count). The van der Waals surface area contributed by atoms with Crippen molar-refractivity contribution >= 4 is 0 Å². The van der Waals surface area contributed by atoms with Crippen LogP contribution >= 0.6 is 0 Å². The Kier molecular flexibility index (Phi) is 3.62. The molecule has 88 valence electrons. The Morgan fingerprint density at radius 3 is 2.88 bits per heavy atom. The standard InChI is InChI=1S/C14H21NO/c1-10-5-4-6-13(12(10)3)7-14-8-15-11(2)9-16-14/h4-6,11,14-15H,7-9H2,1-3H3. The predicted molar refractivity (Wildman–Crippen MR) is 66.8 cm³/mol. The number of aryl methyl sites for hydroxylation is 1. The number of rotatable bonds is 2. The van der Waals surface area contributed by atoms with Gasteiger partial charge in [-0.25, -0.2) is 0 Å². The van der Waals surface area contributed by atoms with Crippen molar-refractivity contribution in [1.29, 1.82) is 0 Å². The van der Waals surface area contributed by atoms with Crippen molar-refractivity contribution in [2.75, 3.05) is 13.2 Å². The molecule has 0 aromatic heterocycles. The smallest absolute Gasteiger partial charge is 0.0740 e. The lowest BCUT2D eigenvalue weighted by atomic mass is 9.98. The number of benzene rings is 1. The third kappa shape index (κ3) is 2.63. The molecule has 1 heterocycles. The highest BCUT2D eigenvalue weighted by atomic mass is 16.5. The molecule has 0 bridgehead atoms. The summed E-state index contributed by atoms with van der Waals surface area (Å²) in [5.74, 6) is 0.